The molecule has 0 aliphatic carbocycles. The molecular formula is C26H23F3N4O4. The predicted molar refractivity (Wildman–Crippen MR) is 126 cm³/mol. The summed E-state index contributed by atoms with van der Waals surface area (Å²) in [5.74, 6) is -0.536. The number of alkyl halides is 3. The van der Waals surface area contributed by atoms with Gasteiger partial charge in [0.05, 0.1) is 35.0 Å². The molecule has 0 radical (unpaired) electrons. The lowest BCUT2D eigenvalue weighted by molar-refractivity contribution is -0.137. The van der Waals surface area contributed by atoms with Crippen molar-refractivity contribution in [3.05, 3.63) is 76.5 Å². The number of carboxylic acid groups (broad SMARTS) is 1. The van der Waals surface area contributed by atoms with E-state index in [-0.39, 0.29) is 29.9 Å². The van der Waals surface area contributed by atoms with Gasteiger partial charge in [-0.3, -0.25) is 14.6 Å². The molecule has 2 aromatic rings. The van der Waals surface area contributed by atoms with Crippen LogP contribution in [0, 0.1) is 11.3 Å². The van der Waals surface area contributed by atoms with Crippen LogP contribution >= 0.6 is 0 Å². The van der Waals surface area contributed by atoms with Gasteiger partial charge >= 0.3 is 18.3 Å². The van der Waals surface area contributed by atoms with Crippen molar-refractivity contribution in [2.75, 3.05) is 11.4 Å². The number of amides is 3. The number of allylic oxidation sites excluding steroid dienone is 1. The van der Waals surface area contributed by atoms with Crippen LogP contribution in [0.25, 0.3) is 0 Å². The first-order valence-corrected chi connectivity index (χ1v) is 11.6. The lowest BCUT2D eigenvalue weighted by Gasteiger charge is -2.39. The number of hydrogen-bond acceptors (Lipinski definition) is 4. The van der Waals surface area contributed by atoms with Crippen LogP contribution in [0.5, 0.6) is 0 Å². The van der Waals surface area contributed by atoms with Crippen molar-refractivity contribution in [1.29, 1.82) is 5.26 Å². The van der Waals surface area contributed by atoms with Crippen LogP contribution in [0.3, 0.4) is 0 Å². The van der Waals surface area contributed by atoms with E-state index in [9.17, 15) is 32.7 Å². The molecule has 0 saturated carbocycles. The van der Waals surface area contributed by atoms with Crippen LogP contribution in [0.4, 0.5) is 28.4 Å². The number of benzene rings is 2. The Balaban J connectivity index is 1.86. The molecule has 2 heterocycles. The van der Waals surface area contributed by atoms with Gasteiger partial charge in [0, 0.05) is 17.8 Å². The van der Waals surface area contributed by atoms with E-state index < -0.39 is 41.7 Å². The second-order valence-corrected chi connectivity index (χ2v) is 8.85. The summed E-state index contributed by atoms with van der Waals surface area (Å²) in [5.41, 5.74) is -0.0619. The van der Waals surface area contributed by atoms with Crippen LogP contribution in [-0.4, -0.2) is 40.5 Å². The summed E-state index contributed by atoms with van der Waals surface area (Å²) in [6, 6.07) is 9.60. The molecule has 11 heteroatoms. The van der Waals surface area contributed by atoms with Crippen molar-refractivity contribution in [3.8, 4) is 6.07 Å². The number of rotatable bonds is 4. The molecule has 8 nitrogen and oxygen atoms in total. The van der Waals surface area contributed by atoms with E-state index >= 15 is 0 Å². The molecule has 0 bridgehead atoms. The van der Waals surface area contributed by atoms with Crippen molar-refractivity contribution >= 4 is 23.6 Å². The predicted octanol–water partition coefficient (Wildman–Crippen LogP) is 5.22. The molecule has 1 fully saturated rings. The SMILES string of the molecule is CC1=C(C(=O)C2CCCCN2C(=O)O)C(c2ccc(C#N)cc2)NC(=O)N1c1cccc(C(F)(F)F)c1. The highest BCUT2D eigenvalue weighted by Crippen LogP contribution is 2.38. The highest BCUT2D eigenvalue weighted by atomic mass is 19.4. The maximum atomic E-state index is 13.9. The van der Waals surface area contributed by atoms with Gasteiger partial charge in [-0.2, -0.15) is 18.4 Å². The standard InChI is InChI=1S/C26H23F3N4O4/c1-15-21(23(34)20-7-2-3-12-32(20)25(36)37)22(17-10-8-16(14-30)9-11-17)31-24(35)33(15)19-6-4-5-18(13-19)26(27,28)29/h4-6,8-11,13,20,22H,2-3,7,12H2,1H3,(H,31,35)(H,36,37). The highest BCUT2D eigenvalue weighted by Gasteiger charge is 2.42. The van der Waals surface area contributed by atoms with E-state index in [0.29, 0.717) is 24.0 Å². The van der Waals surface area contributed by atoms with Gasteiger partial charge in [0.2, 0.25) is 0 Å². The number of urea groups is 1. The van der Waals surface area contributed by atoms with E-state index in [2.05, 4.69) is 5.32 Å². The molecule has 2 N–H and O–H groups in total. The molecule has 2 atom stereocenters. The zero-order valence-electron chi connectivity index (χ0n) is 19.7. The number of piperidine rings is 1. The largest absolute Gasteiger partial charge is 0.465 e. The Kier molecular flexibility index (Phi) is 6.94. The summed E-state index contributed by atoms with van der Waals surface area (Å²) >= 11 is 0. The average molecular weight is 512 g/mol. The second-order valence-electron chi connectivity index (χ2n) is 8.85. The summed E-state index contributed by atoms with van der Waals surface area (Å²) in [5, 5.41) is 21.5. The smallest absolute Gasteiger partial charge is 0.416 e. The molecule has 2 unspecified atom stereocenters. The molecule has 1 saturated heterocycles. The number of carbonyl (C=O) groups excluding carboxylic acids is 2. The van der Waals surface area contributed by atoms with Crippen LogP contribution in [-0.2, 0) is 11.0 Å². The molecule has 0 aromatic heterocycles. The van der Waals surface area contributed by atoms with Crippen molar-refractivity contribution < 1.29 is 32.7 Å². The Bertz CT molecular complexity index is 1310. The number of likely N-dealkylation sites (tertiary alicyclic amines) is 1. The van der Waals surface area contributed by atoms with Gasteiger partial charge in [-0.05, 0) is 62.1 Å². The summed E-state index contributed by atoms with van der Waals surface area (Å²) in [6.45, 7) is 1.63. The number of Topliss-reactive ketones (excluding diaryl/α,β-unsaturated/α-hetero) is 1. The van der Waals surface area contributed by atoms with E-state index in [4.69, 9.17) is 5.26 Å². The minimum atomic E-state index is -4.65. The number of carbonyl (C=O) groups is 3. The van der Waals surface area contributed by atoms with Crippen LogP contribution < -0.4 is 10.2 Å². The van der Waals surface area contributed by atoms with E-state index in [1.807, 2.05) is 6.07 Å². The summed E-state index contributed by atoms with van der Waals surface area (Å²) in [7, 11) is 0. The zero-order chi connectivity index (χ0) is 26.9. The molecule has 3 amide bonds. The first-order valence-electron chi connectivity index (χ1n) is 11.6. The second kappa shape index (κ2) is 9.97. The minimum absolute atomic E-state index is 0.0693. The van der Waals surface area contributed by atoms with E-state index in [1.165, 1.54) is 31.2 Å². The lowest BCUT2D eigenvalue weighted by Crippen LogP contribution is -2.53. The summed E-state index contributed by atoms with van der Waals surface area (Å²) in [4.78, 5) is 41.1. The molecule has 4 rings (SSSR count). The summed E-state index contributed by atoms with van der Waals surface area (Å²) < 4.78 is 40.1. The van der Waals surface area contributed by atoms with Gasteiger partial charge in [0.1, 0.15) is 0 Å². The maximum Gasteiger partial charge on any atom is 0.416 e. The third-order valence-corrected chi connectivity index (χ3v) is 6.61. The molecule has 37 heavy (non-hydrogen) atoms. The van der Waals surface area contributed by atoms with Gasteiger partial charge in [-0.15, -0.1) is 0 Å². The first kappa shape index (κ1) is 25.8. The van der Waals surface area contributed by atoms with Crippen molar-refractivity contribution in [1.82, 2.24) is 10.2 Å². The molecule has 0 spiro atoms. The Labute approximate surface area is 210 Å². The third kappa shape index (κ3) is 5.00. The van der Waals surface area contributed by atoms with Gasteiger partial charge in [-0.1, -0.05) is 18.2 Å². The molecule has 192 valence electrons. The normalized spacial score (nSPS) is 20.4. The molecular weight excluding hydrogens is 489 g/mol. The Hall–Kier alpha value is -4.33. The fourth-order valence-electron chi connectivity index (χ4n) is 4.81. The van der Waals surface area contributed by atoms with Gasteiger partial charge in [-0.25, -0.2) is 9.59 Å². The number of anilines is 1. The molecule has 2 aliphatic rings. The molecule has 2 aliphatic heterocycles. The number of nitriles is 1. The van der Waals surface area contributed by atoms with Crippen LogP contribution in [0.1, 0.15) is 48.9 Å². The van der Waals surface area contributed by atoms with Crippen molar-refractivity contribution in [2.24, 2.45) is 0 Å². The maximum absolute atomic E-state index is 13.9. The van der Waals surface area contributed by atoms with E-state index in [0.717, 1.165) is 21.9 Å². The zero-order valence-corrected chi connectivity index (χ0v) is 19.7. The Morgan fingerprint density at radius 1 is 1.14 bits per heavy atom. The number of nitrogens with one attached hydrogen (secondary N) is 1. The molecule has 2 aromatic carbocycles. The lowest BCUT2D eigenvalue weighted by atomic mass is 9.85. The van der Waals surface area contributed by atoms with Crippen molar-refractivity contribution in [3.63, 3.8) is 0 Å². The number of nitrogens with zero attached hydrogens (tertiary/aromatic N) is 3. The fraction of sp³-hybridized carbons (Fsp3) is 0.308. The Morgan fingerprint density at radius 3 is 2.46 bits per heavy atom. The van der Waals surface area contributed by atoms with Crippen molar-refractivity contribution in [2.45, 2.75) is 44.4 Å². The Morgan fingerprint density at radius 2 is 1.84 bits per heavy atom. The highest BCUT2D eigenvalue weighted by molar-refractivity contribution is 6.08. The van der Waals surface area contributed by atoms with E-state index in [1.54, 1.807) is 12.1 Å². The number of halogens is 3. The van der Waals surface area contributed by atoms with Gasteiger partial charge in [0.25, 0.3) is 0 Å². The first-order chi connectivity index (χ1) is 17.5. The topological polar surface area (TPSA) is 114 Å². The number of hydrogen-bond donors (Lipinski definition) is 2. The number of ketones is 1. The summed E-state index contributed by atoms with van der Waals surface area (Å²) in [6.07, 6.45) is -4.40. The van der Waals surface area contributed by atoms with Crippen LogP contribution in [0.2, 0.25) is 0 Å². The fourth-order valence-corrected chi connectivity index (χ4v) is 4.81. The average Bonchev–Trinajstić information content (AvgIpc) is 2.87. The monoisotopic (exact) mass is 512 g/mol. The minimum Gasteiger partial charge on any atom is -0.465 e. The third-order valence-electron chi connectivity index (χ3n) is 6.61. The quantitative estimate of drug-likeness (QED) is 0.583. The van der Waals surface area contributed by atoms with Crippen LogP contribution in [0.15, 0.2) is 59.8 Å². The van der Waals surface area contributed by atoms with Gasteiger partial charge < -0.3 is 10.4 Å². The van der Waals surface area contributed by atoms with Gasteiger partial charge in [0.15, 0.2) is 5.78 Å².